The van der Waals surface area contributed by atoms with Crippen molar-refractivity contribution in [2.75, 3.05) is 18.1 Å². The maximum atomic E-state index is 5.78. The third-order valence-electron chi connectivity index (χ3n) is 2.22. The maximum absolute atomic E-state index is 5.78. The third kappa shape index (κ3) is 7.69. The van der Waals surface area contributed by atoms with E-state index in [0.29, 0.717) is 6.10 Å². The second kappa shape index (κ2) is 9.85. The third-order valence-corrected chi connectivity index (χ3v) is 3.27. The van der Waals surface area contributed by atoms with Gasteiger partial charge in [-0.05, 0) is 36.7 Å². The minimum atomic E-state index is 0.574. The Labute approximate surface area is 94.0 Å². The van der Waals surface area contributed by atoms with Crippen molar-refractivity contribution in [2.45, 2.75) is 53.1 Å². The average molecular weight is 218 g/mol. The van der Waals surface area contributed by atoms with Crippen molar-refractivity contribution in [1.82, 2.24) is 0 Å². The number of hydrogen-bond donors (Lipinski definition) is 0. The van der Waals surface area contributed by atoms with E-state index in [2.05, 4.69) is 25.6 Å². The van der Waals surface area contributed by atoms with Crippen LogP contribution < -0.4 is 0 Å². The summed E-state index contributed by atoms with van der Waals surface area (Å²) in [6.45, 7) is 9.47. The lowest BCUT2D eigenvalue weighted by molar-refractivity contribution is 0.0416. The highest BCUT2D eigenvalue weighted by atomic mass is 32.2. The van der Waals surface area contributed by atoms with Gasteiger partial charge in [-0.2, -0.15) is 11.8 Å². The molecule has 1 fully saturated rings. The largest absolute Gasteiger partial charge is 0.378 e. The molecule has 0 unspecified atom stereocenters. The molecule has 0 aromatic heterocycles. The fourth-order valence-corrected chi connectivity index (χ4v) is 2.38. The lowest BCUT2D eigenvalue weighted by atomic mass is 10.1. The molecule has 0 radical (unpaired) electrons. The molecule has 0 aromatic carbocycles. The zero-order chi connectivity index (χ0) is 10.8. The fourth-order valence-electron chi connectivity index (χ4n) is 1.31. The smallest absolute Gasteiger partial charge is 0.0590 e. The minimum absolute atomic E-state index is 0.574. The average Bonchev–Trinajstić information content (AvgIpc) is 2.22. The molecule has 1 aliphatic rings. The zero-order valence-electron chi connectivity index (χ0n) is 10.2. The van der Waals surface area contributed by atoms with E-state index in [9.17, 15) is 0 Å². The normalized spacial score (nSPS) is 17.8. The van der Waals surface area contributed by atoms with Crippen molar-refractivity contribution in [3.8, 4) is 0 Å². The molecular formula is C12H26OS. The quantitative estimate of drug-likeness (QED) is 0.706. The molecule has 1 saturated heterocycles. The van der Waals surface area contributed by atoms with Gasteiger partial charge in [-0.3, -0.25) is 0 Å². The lowest BCUT2D eigenvalue weighted by Gasteiger charge is -2.22. The minimum Gasteiger partial charge on any atom is -0.378 e. The topological polar surface area (TPSA) is 9.23 Å². The summed E-state index contributed by atoms with van der Waals surface area (Å²) in [5.41, 5.74) is 0. The van der Waals surface area contributed by atoms with E-state index in [1.807, 2.05) is 13.8 Å². The number of hydrogen-bond acceptors (Lipinski definition) is 2. The van der Waals surface area contributed by atoms with Crippen LogP contribution in [0.15, 0.2) is 0 Å². The molecule has 0 N–H and O–H groups in total. The molecular weight excluding hydrogens is 192 g/mol. The predicted molar refractivity (Wildman–Crippen MR) is 67.1 cm³/mol. The molecule has 0 aromatic rings. The van der Waals surface area contributed by atoms with Gasteiger partial charge in [0.25, 0.3) is 0 Å². The second-order valence-corrected chi connectivity index (χ2v) is 5.09. The van der Waals surface area contributed by atoms with Crippen LogP contribution in [-0.2, 0) is 4.74 Å². The van der Waals surface area contributed by atoms with Gasteiger partial charge in [0.1, 0.15) is 0 Å². The molecule has 0 aliphatic carbocycles. The van der Waals surface area contributed by atoms with E-state index in [1.165, 1.54) is 30.8 Å². The van der Waals surface area contributed by atoms with Crippen LogP contribution in [-0.4, -0.2) is 24.2 Å². The standard InChI is InChI=1S/C10H20OS.C2H6/c1-9(2)3-6-11-10-4-7-12-8-5-10;1-2/h9-10H,3-8H2,1-2H3;1-2H3. The first-order valence-electron chi connectivity index (χ1n) is 5.98. The lowest BCUT2D eigenvalue weighted by Crippen LogP contribution is -2.20. The van der Waals surface area contributed by atoms with Crippen molar-refractivity contribution in [3.63, 3.8) is 0 Å². The van der Waals surface area contributed by atoms with Crippen LogP contribution in [0.2, 0.25) is 0 Å². The van der Waals surface area contributed by atoms with Gasteiger partial charge in [0.05, 0.1) is 6.10 Å². The van der Waals surface area contributed by atoms with Crippen LogP contribution >= 0.6 is 11.8 Å². The van der Waals surface area contributed by atoms with Crippen molar-refractivity contribution >= 4 is 11.8 Å². The van der Waals surface area contributed by atoms with E-state index in [4.69, 9.17) is 4.74 Å². The summed E-state index contributed by atoms with van der Waals surface area (Å²) in [5.74, 6) is 3.38. The second-order valence-electron chi connectivity index (χ2n) is 3.87. The number of rotatable bonds is 4. The number of ether oxygens (including phenoxy) is 1. The molecule has 1 rings (SSSR count). The summed E-state index contributed by atoms with van der Waals surface area (Å²) in [5, 5.41) is 0. The van der Waals surface area contributed by atoms with E-state index in [1.54, 1.807) is 0 Å². The van der Waals surface area contributed by atoms with Gasteiger partial charge in [0.2, 0.25) is 0 Å². The summed E-state index contributed by atoms with van der Waals surface area (Å²) in [6, 6.07) is 0. The summed E-state index contributed by atoms with van der Waals surface area (Å²) in [7, 11) is 0. The Morgan fingerprint density at radius 3 is 2.29 bits per heavy atom. The van der Waals surface area contributed by atoms with Crippen LogP contribution in [0.3, 0.4) is 0 Å². The van der Waals surface area contributed by atoms with Crippen LogP contribution in [0.1, 0.15) is 47.0 Å². The first-order chi connectivity index (χ1) is 6.79. The van der Waals surface area contributed by atoms with Gasteiger partial charge in [0, 0.05) is 6.61 Å². The zero-order valence-corrected chi connectivity index (χ0v) is 11.0. The molecule has 0 atom stereocenters. The number of thioether (sulfide) groups is 1. The first kappa shape index (κ1) is 14.3. The molecule has 0 bridgehead atoms. The van der Waals surface area contributed by atoms with Crippen LogP contribution in [0.5, 0.6) is 0 Å². The Kier molecular flexibility index (Phi) is 10.1. The monoisotopic (exact) mass is 218 g/mol. The van der Waals surface area contributed by atoms with Gasteiger partial charge in [-0.15, -0.1) is 0 Å². The van der Waals surface area contributed by atoms with E-state index in [0.717, 1.165) is 12.5 Å². The molecule has 86 valence electrons. The maximum Gasteiger partial charge on any atom is 0.0590 e. The van der Waals surface area contributed by atoms with Crippen molar-refractivity contribution in [3.05, 3.63) is 0 Å². The Morgan fingerprint density at radius 2 is 1.79 bits per heavy atom. The Balaban J connectivity index is 0.000000791. The summed E-state index contributed by atoms with van der Waals surface area (Å²) < 4.78 is 5.78. The Bertz CT molecular complexity index is 109. The van der Waals surface area contributed by atoms with E-state index >= 15 is 0 Å². The van der Waals surface area contributed by atoms with Gasteiger partial charge >= 0.3 is 0 Å². The highest BCUT2D eigenvalue weighted by molar-refractivity contribution is 7.99. The molecule has 14 heavy (non-hydrogen) atoms. The highest BCUT2D eigenvalue weighted by Gasteiger charge is 2.13. The fraction of sp³-hybridized carbons (Fsp3) is 1.00. The Hall–Kier alpha value is 0.310. The van der Waals surface area contributed by atoms with Crippen LogP contribution in [0.25, 0.3) is 0 Å². The summed E-state index contributed by atoms with van der Waals surface area (Å²) in [6.07, 6.45) is 4.32. The molecule has 2 heteroatoms. The van der Waals surface area contributed by atoms with Crippen molar-refractivity contribution < 1.29 is 4.74 Å². The molecule has 1 heterocycles. The van der Waals surface area contributed by atoms with Crippen molar-refractivity contribution in [2.24, 2.45) is 5.92 Å². The summed E-state index contributed by atoms with van der Waals surface area (Å²) in [4.78, 5) is 0. The summed E-state index contributed by atoms with van der Waals surface area (Å²) >= 11 is 2.06. The van der Waals surface area contributed by atoms with Gasteiger partial charge in [0.15, 0.2) is 0 Å². The van der Waals surface area contributed by atoms with Crippen LogP contribution in [0, 0.1) is 5.92 Å². The van der Waals surface area contributed by atoms with Gasteiger partial charge < -0.3 is 4.74 Å². The van der Waals surface area contributed by atoms with E-state index < -0.39 is 0 Å². The molecule has 0 amide bonds. The first-order valence-corrected chi connectivity index (χ1v) is 7.14. The Morgan fingerprint density at radius 1 is 1.21 bits per heavy atom. The molecule has 0 saturated carbocycles. The molecule has 1 nitrogen and oxygen atoms in total. The molecule has 0 spiro atoms. The predicted octanol–water partition coefficient (Wildman–Crippen LogP) is 3.97. The van der Waals surface area contributed by atoms with Gasteiger partial charge in [-0.25, -0.2) is 0 Å². The van der Waals surface area contributed by atoms with E-state index in [-0.39, 0.29) is 0 Å². The van der Waals surface area contributed by atoms with Crippen molar-refractivity contribution in [1.29, 1.82) is 0 Å². The SMILES string of the molecule is CC.CC(C)CCOC1CCSCC1. The van der Waals surface area contributed by atoms with Crippen LogP contribution in [0.4, 0.5) is 0 Å². The van der Waals surface area contributed by atoms with Gasteiger partial charge in [-0.1, -0.05) is 27.7 Å². The highest BCUT2D eigenvalue weighted by Crippen LogP contribution is 2.19. The molecule has 1 aliphatic heterocycles.